The molecule has 2 aromatic carbocycles. The lowest BCUT2D eigenvalue weighted by atomic mass is 10.1. The van der Waals surface area contributed by atoms with Crippen molar-refractivity contribution in [3.63, 3.8) is 0 Å². The second-order valence-electron chi connectivity index (χ2n) is 7.34. The van der Waals surface area contributed by atoms with Crippen molar-refractivity contribution in [3.05, 3.63) is 67.9 Å². The third kappa shape index (κ3) is 4.53. The molecule has 0 atom stereocenters. The number of halogens is 1. The van der Waals surface area contributed by atoms with E-state index in [9.17, 15) is 0 Å². The molecule has 1 aliphatic heterocycles. The second-order valence-corrected chi connectivity index (χ2v) is 9.14. The zero-order chi connectivity index (χ0) is 19.5. The summed E-state index contributed by atoms with van der Waals surface area (Å²) in [6.07, 6.45) is 4.29. The summed E-state index contributed by atoms with van der Waals surface area (Å²) in [5, 5.41) is 6.80. The first-order valence-corrected chi connectivity index (χ1v) is 11.4. The van der Waals surface area contributed by atoms with E-state index in [2.05, 4.69) is 81.9 Å². The normalized spacial score (nSPS) is 14.0. The maximum Gasteiger partial charge on any atom is 0.101 e. The number of aromatic nitrogens is 1. The molecule has 0 amide bonds. The Morgan fingerprint density at radius 3 is 2.68 bits per heavy atom. The Labute approximate surface area is 179 Å². The molecule has 4 rings (SSSR count). The van der Waals surface area contributed by atoms with Gasteiger partial charge in [0.2, 0.25) is 0 Å². The lowest BCUT2D eigenvalue weighted by Crippen LogP contribution is -2.16. The van der Waals surface area contributed by atoms with Gasteiger partial charge in [0.1, 0.15) is 5.84 Å². The molecule has 144 valence electrons. The molecule has 0 fully saturated rings. The largest absolute Gasteiger partial charge is 0.344 e. The molecule has 1 N–H and O–H groups in total. The third-order valence-corrected chi connectivity index (χ3v) is 6.62. The molecule has 0 aliphatic carbocycles. The van der Waals surface area contributed by atoms with Crippen LogP contribution in [0.25, 0.3) is 11.3 Å². The Hall–Kier alpha value is -1.98. The van der Waals surface area contributed by atoms with Crippen LogP contribution >= 0.6 is 27.3 Å². The van der Waals surface area contributed by atoms with E-state index in [-0.39, 0.29) is 0 Å². The molecule has 0 saturated heterocycles. The molecule has 28 heavy (non-hydrogen) atoms. The fourth-order valence-corrected chi connectivity index (χ4v) is 4.69. The highest BCUT2D eigenvalue weighted by Gasteiger charge is 2.12. The number of nitrogens with one attached hydrogen (secondary N) is 1. The summed E-state index contributed by atoms with van der Waals surface area (Å²) in [4.78, 5) is 9.46. The van der Waals surface area contributed by atoms with Crippen LogP contribution in [0.3, 0.4) is 0 Å². The zero-order valence-corrected chi connectivity index (χ0v) is 18.7. The number of anilines is 1. The second kappa shape index (κ2) is 8.58. The number of nitrogens with zero attached hydrogens (tertiary/aromatic N) is 2. The van der Waals surface area contributed by atoms with Gasteiger partial charge >= 0.3 is 0 Å². The summed E-state index contributed by atoms with van der Waals surface area (Å²) in [6.45, 7) is 5.20. The van der Waals surface area contributed by atoms with Crippen molar-refractivity contribution < 1.29 is 0 Å². The highest BCUT2D eigenvalue weighted by Crippen LogP contribution is 2.30. The first kappa shape index (κ1) is 19.3. The Kier molecular flexibility index (Phi) is 5.93. The van der Waals surface area contributed by atoms with E-state index in [1.165, 1.54) is 35.1 Å². The summed E-state index contributed by atoms with van der Waals surface area (Å²) in [5.41, 5.74) is 7.14. The van der Waals surface area contributed by atoms with Gasteiger partial charge in [-0.05, 0) is 43.9 Å². The maximum atomic E-state index is 4.86. The zero-order valence-electron chi connectivity index (χ0n) is 16.3. The number of hydrogen-bond donors (Lipinski definition) is 1. The first-order valence-electron chi connectivity index (χ1n) is 9.69. The predicted octanol–water partition coefficient (Wildman–Crippen LogP) is 6.77. The smallest absolute Gasteiger partial charge is 0.101 e. The van der Waals surface area contributed by atoms with Crippen molar-refractivity contribution in [2.24, 2.45) is 4.99 Å². The van der Waals surface area contributed by atoms with E-state index in [0.29, 0.717) is 0 Å². The van der Waals surface area contributed by atoms with Crippen molar-refractivity contribution in [1.82, 2.24) is 4.98 Å². The minimum Gasteiger partial charge on any atom is -0.344 e. The summed E-state index contributed by atoms with van der Waals surface area (Å²) in [6, 6.07) is 13.0. The highest BCUT2D eigenvalue weighted by atomic mass is 79.9. The van der Waals surface area contributed by atoms with Gasteiger partial charge in [0.25, 0.3) is 0 Å². The van der Waals surface area contributed by atoms with Gasteiger partial charge in [0.15, 0.2) is 0 Å². The number of rotatable bonds is 4. The number of thiazole rings is 1. The van der Waals surface area contributed by atoms with Gasteiger partial charge in [0.05, 0.1) is 10.7 Å². The van der Waals surface area contributed by atoms with E-state index in [0.717, 1.165) is 46.1 Å². The highest BCUT2D eigenvalue weighted by molar-refractivity contribution is 9.10. The SMILES string of the molecule is Cc1ccc(-c2csc(Cc3cc(C)c(NC4=NCCCC4)cc3Br)n2)cc1. The molecule has 5 heteroatoms. The molecule has 0 saturated carbocycles. The third-order valence-electron chi connectivity index (χ3n) is 5.04. The van der Waals surface area contributed by atoms with E-state index in [1.807, 2.05) is 0 Å². The van der Waals surface area contributed by atoms with Gasteiger partial charge in [-0.15, -0.1) is 11.3 Å². The van der Waals surface area contributed by atoms with Gasteiger partial charge < -0.3 is 5.32 Å². The average Bonchev–Trinajstić information content (AvgIpc) is 3.16. The average molecular weight is 454 g/mol. The van der Waals surface area contributed by atoms with Gasteiger partial charge in [-0.25, -0.2) is 4.98 Å². The summed E-state index contributed by atoms with van der Waals surface area (Å²) < 4.78 is 1.11. The number of aliphatic imine (C=N–C) groups is 1. The molecule has 1 aliphatic rings. The summed E-state index contributed by atoms with van der Waals surface area (Å²) in [5.74, 6) is 1.11. The Bertz CT molecular complexity index is 1010. The van der Waals surface area contributed by atoms with E-state index < -0.39 is 0 Å². The minimum absolute atomic E-state index is 0.833. The van der Waals surface area contributed by atoms with Crippen LogP contribution in [0, 0.1) is 13.8 Å². The number of benzene rings is 2. The lowest BCUT2D eigenvalue weighted by Gasteiger charge is -2.17. The fraction of sp³-hybridized carbons (Fsp3) is 0.304. The standard InChI is InChI=1S/C23H24BrN3S/c1-15-6-8-17(9-7-15)21-14-28-23(27-21)12-18-11-16(2)20(13-19(18)24)26-22-5-3-4-10-25-22/h6-9,11,13-14H,3-5,10,12H2,1-2H3,(H,25,26). The molecule has 3 aromatic rings. The fourth-order valence-electron chi connectivity index (χ4n) is 3.38. The molecule has 1 aromatic heterocycles. The van der Waals surface area contributed by atoms with Gasteiger partial charge in [0, 0.05) is 40.5 Å². The first-order chi connectivity index (χ1) is 13.6. The maximum absolute atomic E-state index is 4.86. The summed E-state index contributed by atoms with van der Waals surface area (Å²) in [7, 11) is 0. The van der Waals surface area contributed by atoms with Crippen LogP contribution in [0.5, 0.6) is 0 Å². The van der Waals surface area contributed by atoms with Gasteiger partial charge in [-0.2, -0.15) is 0 Å². The van der Waals surface area contributed by atoms with Gasteiger partial charge in [-0.1, -0.05) is 51.8 Å². The predicted molar refractivity (Wildman–Crippen MR) is 124 cm³/mol. The van der Waals surface area contributed by atoms with Gasteiger partial charge in [-0.3, -0.25) is 4.99 Å². The van der Waals surface area contributed by atoms with Crippen LogP contribution in [0.2, 0.25) is 0 Å². The molecular weight excluding hydrogens is 430 g/mol. The quantitative estimate of drug-likeness (QED) is 0.472. The minimum atomic E-state index is 0.833. The topological polar surface area (TPSA) is 37.3 Å². The lowest BCUT2D eigenvalue weighted by molar-refractivity contribution is 0.737. The van der Waals surface area contributed by atoms with E-state index >= 15 is 0 Å². The van der Waals surface area contributed by atoms with Crippen LogP contribution in [-0.2, 0) is 6.42 Å². The number of aryl methyl sites for hydroxylation is 2. The van der Waals surface area contributed by atoms with Crippen LogP contribution in [0.1, 0.15) is 41.0 Å². The number of hydrogen-bond acceptors (Lipinski definition) is 4. The monoisotopic (exact) mass is 453 g/mol. The van der Waals surface area contributed by atoms with Crippen molar-refractivity contribution >= 4 is 38.8 Å². The Balaban J connectivity index is 1.51. The van der Waals surface area contributed by atoms with Crippen molar-refractivity contribution in [2.75, 3.05) is 11.9 Å². The van der Waals surface area contributed by atoms with Crippen LogP contribution in [0.15, 0.2) is 51.2 Å². The van der Waals surface area contributed by atoms with Crippen LogP contribution in [0.4, 0.5) is 5.69 Å². The van der Waals surface area contributed by atoms with Crippen molar-refractivity contribution in [1.29, 1.82) is 0 Å². The molecule has 0 spiro atoms. The van der Waals surface area contributed by atoms with Crippen molar-refractivity contribution in [3.8, 4) is 11.3 Å². The van der Waals surface area contributed by atoms with Crippen LogP contribution < -0.4 is 5.32 Å². The van der Waals surface area contributed by atoms with Crippen LogP contribution in [-0.4, -0.2) is 17.4 Å². The molecule has 0 unspecified atom stereocenters. The Morgan fingerprint density at radius 1 is 1.11 bits per heavy atom. The molecule has 2 heterocycles. The molecule has 3 nitrogen and oxygen atoms in total. The van der Waals surface area contributed by atoms with E-state index in [4.69, 9.17) is 4.98 Å². The molecular formula is C23H24BrN3S. The number of amidine groups is 1. The molecule has 0 radical (unpaired) electrons. The Morgan fingerprint density at radius 2 is 1.93 bits per heavy atom. The van der Waals surface area contributed by atoms with E-state index in [1.54, 1.807) is 11.3 Å². The summed E-state index contributed by atoms with van der Waals surface area (Å²) >= 11 is 5.48. The van der Waals surface area contributed by atoms with Crippen molar-refractivity contribution in [2.45, 2.75) is 39.5 Å². The molecule has 0 bridgehead atoms.